The molecule has 2 heterocycles. The molecule has 2 aromatic rings. The zero-order chi connectivity index (χ0) is 14.5. The van der Waals surface area contributed by atoms with Crippen LogP contribution in [-0.4, -0.2) is 35.2 Å². The van der Waals surface area contributed by atoms with Gasteiger partial charge in [-0.15, -0.1) is 0 Å². The van der Waals surface area contributed by atoms with E-state index in [1.54, 1.807) is 0 Å². The normalized spacial score (nSPS) is 17.8. The summed E-state index contributed by atoms with van der Waals surface area (Å²) in [4.78, 5) is 0. The minimum absolute atomic E-state index is 0.328. The van der Waals surface area contributed by atoms with Crippen LogP contribution >= 0.6 is 0 Å². The first-order valence-electron chi connectivity index (χ1n) is 7.50. The maximum absolute atomic E-state index is 5.44. The average molecular weight is 286 g/mol. The zero-order valence-corrected chi connectivity index (χ0v) is 12.4. The van der Waals surface area contributed by atoms with E-state index in [4.69, 9.17) is 4.74 Å². The van der Waals surface area contributed by atoms with Gasteiger partial charge in [0.1, 0.15) is 11.4 Å². The van der Waals surface area contributed by atoms with Crippen molar-refractivity contribution in [3.8, 4) is 11.3 Å². The molecule has 21 heavy (non-hydrogen) atoms. The second-order valence-electron chi connectivity index (χ2n) is 6.01. The standard InChI is InChI=1S/C16H22N4O/c1-16(7-9-21-10-8-16)12-17-11-14-15(19-20-18-14)13-5-3-2-4-6-13/h2-6,17H,7-12H2,1H3,(H,18,19,20). The Morgan fingerprint density at radius 2 is 1.95 bits per heavy atom. The van der Waals surface area contributed by atoms with Crippen LogP contribution in [0.25, 0.3) is 11.3 Å². The van der Waals surface area contributed by atoms with Crippen LogP contribution in [0, 0.1) is 5.41 Å². The second kappa shape index (κ2) is 6.37. The van der Waals surface area contributed by atoms with Gasteiger partial charge in [0, 0.05) is 31.9 Å². The first kappa shape index (κ1) is 14.2. The molecule has 1 fully saturated rings. The maximum atomic E-state index is 5.44. The highest BCUT2D eigenvalue weighted by Gasteiger charge is 2.26. The molecular formula is C16H22N4O. The van der Waals surface area contributed by atoms with Crippen molar-refractivity contribution in [1.82, 2.24) is 20.7 Å². The number of ether oxygens (including phenoxy) is 1. The number of aromatic amines is 1. The predicted octanol–water partition coefficient (Wildman–Crippen LogP) is 2.38. The Hall–Kier alpha value is -1.72. The lowest BCUT2D eigenvalue weighted by Gasteiger charge is -2.33. The van der Waals surface area contributed by atoms with Crippen molar-refractivity contribution in [3.05, 3.63) is 36.0 Å². The van der Waals surface area contributed by atoms with Gasteiger partial charge in [-0.3, -0.25) is 0 Å². The monoisotopic (exact) mass is 286 g/mol. The van der Waals surface area contributed by atoms with Crippen LogP contribution in [0.4, 0.5) is 0 Å². The largest absolute Gasteiger partial charge is 0.381 e. The van der Waals surface area contributed by atoms with Gasteiger partial charge in [0.05, 0.1) is 0 Å². The molecule has 1 aliphatic rings. The van der Waals surface area contributed by atoms with Gasteiger partial charge < -0.3 is 10.1 Å². The first-order chi connectivity index (χ1) is 10.3. The summed E-state index contributed by atoms with van der Waals surface area (Å²) in [6, 6.07) is 10.2. The Morgan fingerprint density at radius 3 is 2.71 bits per heavy atom. The van der Waals surface area contributed by atoms with Crippen molar-refractivity contribution in [2.24, 2.45) is 5.41 Å². The van der Waals surface area contributed by atoms with Crippen molar-refractivity contribution in [2.45, 2.75) is 26.3 Å². The molecule has 5 nitrogen and oxygen atoms in total. The number of nitrogens with zero attached hydrogens (tertiary/aromatic N) is 2. The summed E-state index contributed by atoms with van der Waals surface area (Å²) in [6.07, 6.45) is 2.23. The smallest absolute Gasteiger partial charge is 0.117 e. The van der Waals surface area contributed by atoms with Crippen molar-refractivity contribution >= 4 is 0 Å². The summed E-state index contributed by atoms with van der Waals surface area (Å²) in [5.41, 5.74) is 3.33. The number of aromatic nitrogens is 3. The SMILES string of the molecule is CC1(CNCc2n[nH]nc2-c2ccccc2)CCOCC1. The first-order valence-corrected chi connectivity index (χ1v) is 7.50. The average Bonchev–Trinajstić information content (AvgIpc) is 2.97. The van der Waals surface area contributed by atoms with Crippen LogP contribution in [0.5, 0.6) is 0 Å². The van der Waals surface area contributed by atoms with Crippen molar-refractivity contribution in [1.29, 1.82) is 0 Å². The van der Waals surface area contributed by atoms with E-state index in [-0.39, 0.29) is 0 Å². The molecular weight excluding hydrogens is 264 g/mol. The Bertz CT molecular complexity index is 561. The fraction of sp³-hybridized carbons (Fsp3) is 0.500. The Labute approximate surface area is 125 Å². The fourth-order valence-electron chi connectivity index (χ4n) is 2.73. The lowest BCUT2D eigenvalue weighted by molar-refractivity contribution is 0.0240. The van der Waals surface area contributed by atoms with Crippen LogP contribution < -0.4 is 5.32 Å². The molecule has 112 valence electrons. The van der Waals surface area contributed by atoms with Crippen molar-refractivity contribution in [2.75, 3.05) is 19.8 Å². The van der Waals surface area contributed by atoms with E-state index in [0.717, 1.165) is 56.1 Å². The number of hydrogen-bond donors (Lipinski definition) is 2. The van der Waals surface area contributed by atoms with E-state index < -0.39 is 0 Å². The minimum atomic E-state index is 0.328. The van der Waals surface area contributed by atoms with Crippen molar-refractivity contribution in [3.63, 3.8) is 0 Å². The number of hydrogen-bond acceptors (Lipinski definition) is 4. The summed E-state index contributed by atoms with van der Waals surface area (Å²) < 4.78 is 5.44. The molecule has 2 N–H and O–H groups in total. The highest BCUT2D eigenvalue weighted by Crippen LogP contribution is 2.28. The molecule has 1 aliphatic heterocycles. The molecule has 0 atom stereocenters. The molecule has 1 aromatic heterocycles. The van der Waals surface area contributed by atoms with E-state index in [9.17, 15) is 0 Å². The molecule has 1 aromatic carbocycles. The van der Waals surface area contributed by atoms with Crippen LogP contribution in [-0.2, 0) is 11.3 Å². The maximum Gasteiger partial charge on any atom is 0.117 e. The van der Waals surface area contributed by atoms with Gasteiger partial charge in [-0.1, -0.05) is 37.3 Å². The summed E-state index contributed by atoms with van der Waals surface area (Å²) >= 11 is 0. The summed E-state index contributed by atoms with van der Waals surface area (Å²) in [7, 11) is 0. The molecule has 1 saturated heterocycles. The van der Waals surface area contributed by atoms with Crippen molar-refractivity contribution < 1.29 is 4.74 Å². The number of nitrogens with one attached hydrogen (secondary N) is 2. The molecule has 0 saturated carbocycles. The third-order valence-corrected chi connectivity index (χ3v) is 4.21. The molecule has 0 bridgehead atoms. The van der Waals surface area contributed by atoms with Gasteiger partial charge in [0.15, 0.2) is 0 Å². The molecule has 5 heteroatoms. The zero-order valence-electron chi connectivity index (χ0n) is 12.4. The number of benzene rings is 1. The van der Waals surface area contributed by atoms with E-state index in [0.29, 0.717) is 5.41 Å². The molecule has 3 rings (SSSR count). The number of H-pyrrole nitrogens is 1. The lowest BCUT2D eigenvalue weighted by atomic mass is 9.82. The third-order valence-electron chi connectivity index (χ3n) is 4.21. The molecule has 0 amide bonds. The van der Waals surface area contributed by atoms with Crippen LogP contribution in [0.15, 0.2) is 30.3 Å². The van der Waals surface area contributed by atoms with E-state index >= 15 is 0 Å². The van der Waals surface area contributed by atoms with Gasteiger partial charge in [-0.25, -0.2) is 0 Å². The van der Waals surface area contributed by atoms with Gasteiger partial charge in [-0.05, 0) is 18.3 Å². The minimum Gasteiger partial charge on any atom is -0.381 e. The fourth-order valence-corrected chi connectivity index (χ4v) is 2.73. The topological polar surface area (TPSA) is 62.8 Å². The van der Waals surface area contributed by atoms with E-state index in [1.807, 2.05) is 18.2 Å². The number of rotatable bonds is 5. The van der Waals surface area contributed by atoms with E-state index in [2.05, 4.69) is 39.8 Å². The molecule has 0 spiro atoms. The molecule has 0 aliphatic carbocycles. The highest BCUT2D eigenvalue weighted by molar-refractivity contribution is 5.60. The van der Waals surface area contributed by atoms with Gasteiger partial charge in [-0.2, -0.15) is 15.4 Å². The Morgan fingerprint density at radius 1 is 1.19 bits per heavy atom. The molecule has 0 radical (unpaired) electrons. The van der Waals surface area contributed by atoms with Gasteiger partial charge in [0.2, 0.25) is 0 Å². The lowest BCUT2D eigenvalue weighted by Crippen LogP contribution is -2.36. The summed E-state index contributed by atoms with van der Waals surface area (Å²) in [5, 5.41) is 14.8. The van der Waals surface area contributed by atoms with Gasteiger partial charge >= 0.3 is 0 Å². The summed E-state index contributed by atoms with van der Waals surface area (Å²) in [6.45, 7) is 5.78. The van der Waals surface area contributed by atoms with Gasteiger partial charge in [0.25, 0.3) is 0 Å². The Kier molecular flexibility index (Phi) is 4.31. The Balaban J connectivity index is 1.60. The second-order valence-corrected chi connectivity index (χ2v) is 6.01. The summed E-state index contributed by atoms with van der Waals surface area (Å²) in [5.74, 6) is 0. The predicted molar refractivity (Wildman–Crippen MR) is 81.7 cm³/mol. The van der Waals surface area contributed by atoms with Crippen LogP contribution in [0.1, 0.15) is 25.5 Å². The highest BCUT2D eigenvalue weighted by atomic mass is 16.5. The molecule has 0 unspecified atom stereocenters. The third kappa shape index (κ3) is 3.49. The van der Waals surface area contributed by atoms with E-state index in [1.165, 1.54) is 0 Å². The quantitative estimate of drug-likeness (QED) is 0.886. The van der Waals surface area contributed by atoms with Crippen LogP contribution in [0.2, 0.25) is 0 Å². The van der Waals surface area contributed by atoms with Crippen LogP contribution in [0.3, 0.4) is 0 Å².